The molecule has 0 aromatic heterocycles. The summed E-state index contributed by atoms with van der Waals surface area (Å²) in [7, 11) is 0. The van der Waals surface area contributed by atoms with Gasteiger partial charge in [-0.05, 0) is 18.6 Å². The molecule has 1 aliphatic heterocycles. The van der Waals surface area contributed by atoms with Gasteiger partial charge in [-0.1, -0.05) is 0 Å². The highest BCUT2D eigenvalue weighted by Crippen LogP contribution is 2.09. The third-order valence-electron chi connectivity index (χ3n) is 1.99. The summed E-state index contributed by atoms with van der Waals surface area (Å²) in [6, 6.07) is 0. The zero-order valence-electron chi connectivity index (χ0n) is 7.74. The molecule has 0 aromatic rings. The van der Waals surface area contributed by atoms with Crippen LogP contribution in [-0.2, 0) is 9.59 Å². The second kappa shape index (κ2) is 3.83. The Kier molecular flexibility index (Phi) is 2.98. The summed E-state index contributed by atoms with van der Waals surface area (Å²) in [5.74, 6) is -0.202. The minimum atomic E-state index is -0.101. The average molecular weight is 200 g/mol. The molecule has 0 N–H and O–H groups in total. The number of carbonyl (C=O) groups excluding carboxylic acids is 2. The van der Waals surface area contributed by atoms with E-state index in [1.54, 1.807) is 0 Å². The van der Waals surface area contributed by atoms with Crippen LogP contribution in [0.4, 0.5) is 0 Å². The van der Waals surface area contributed by atoms with Crippen molar-refractivity contribution >= 4 is 29.1 Å². The van der Waals surface area contributed by atoms with Gasteiger partial charge in [0.1, 0.15) is 0 Å². The van der Waals surface area contributed by atoms with Gasteiger partial charge in [0.05, 0.1) is 0 Å². The van der Waals surface area contributed by atoms with Crippen LogP contribution in [0.2, 0.25) is 0 Å². The molecule has 1 heterocycles. The highest BCUT2D eigenvalue weighted by atomic mass is 32.1. The lowest BCUT2D eigenvalue weighted by Gasteiger charge is -2.34. The number of thiocarbonyl (C=S) groups is 1. The maximum atomic E-state index is 11.1. The normalized spacial score (nSPS) is 17.5. The number of amides is 2. The third kappa shape index (κ3) is 2.03. The first-order valence-corrected chi connectivity index (χ1v) is 4.55. The standard InChI is InChI=1S/C8H12N2O2S/c1-6(11)9-4-3-5-10(7(2)12)8(9)13/h3-5H2,1-2H3. The van der Waals surface area contributed by atoms with E-state index >= 15 is 0 Å². The zero-order valence-corrected chi connectivity index (χ0v) is 8.56. The molecule has 0 aromatic carbocycles. The molecule has 5 heteroatoms. The first kappa shape index (κ1) is 10.1. The topological polar surface area (TPSA) is 40.6 Å². The van der Waals surface area contributed by atoms with E-state index in [9.17, 15) is 9.59 Å². The number of hydrogen-bond donors (Lipinski definition) is 0. The molecule has 2 amide bonds. The lowest BCUT2D eigenvalue weighted by Crippen LogP contribution is -2.52. The van der Waals surface area contributed by atoms with E-state index in [-0.39, 0.29) is 11.8 Å². The summed E-state index contributed by atoms with van der Waals surface area (Å²) in [5, 5.41) is 0.339. The fourth-order valence-electron chi connectivity index (χ4n) is 1.31. The SMILES string of the molecule is CC(=O)N1CCCN(C(C)=O)C1=S. The first-order valence-electron chi connectivity index (χ1n) is 4.14. The second-order valence-corrected chi connectivity index (χ2v) is 3.34. The quantitative estimate of drug-likeness (QED) is 0.530. The minimum absolute atomic E-state index is 0.101. The predicted molar refractivity (Wildman–Crippen MR) is 52.0 cm³/mol. The minimum Gasteiger partial charge on any atom is -0.289 e. The number of hydrogen-bond acceptors (Lipinski definition) is 3. The van der Waals surface area contributed by atoms with Crippen molar-refractivity contribution in [2.24, 2.45) is 0 Å². The molecular formula is C8H12N2O2S. The molecule has 0 atom stereocenters. The molecule has 0 bridgehead atoms. The van der Waals surface area contributed by atoms with Gasteiger partial charge >= 0.3 is 0 Å². The fraction of sp³-hybridized carbons (Fsp3) is 0.625. The second-order valence-electron chi connectivity index (χ2n) is 2.98. The van der Waals surface area contributed by atoms with Gasteiger partial charge in [-0.25, -0.2) is 0 Å². The van der Waals surface area contributed by atoms with Crippen molar-refractivity contribution in [1.29, 1.82) is 0 Å². The van der Waals surface area contributed by atoms with E-state index in [0.29, 0.717) is 18.2 Å². The maximum Gasteiger partial charge on any atom is 0.225 e. The lowest BCUT2D eigenvalue weighted by molar-refractivity contribution is -0.129. The number of nitrogens with zero attached hydrogens (tertiary/aromatic N) is 2. The third-order valence-corrected chi connectivity index (χ3v) is 2.43. The summed E-state index contributed by atoms with van der Waals surface area (Å²) in [6.07, 6.45) is 0.791. The molecule has 4 nitrogen and oxygen atoms in total. The van der Waals surface area contributed by atoms with Crippen LogP contribution in [0.1, 0.15) is 20.3 Å². The van der Waals surface area contributed by atoms with Crippen LogP contribution in [-0.4, -0.2) is 39.8 Å². The molecular weight excluding hydrogens is 188 g/mol. The van der Waals surface area contributed by atoms with E-state index in [1.807, 2.05) is 0 Å². The smallest absolute Gasteiger partial charge is 0.225 e. The van der Waals surface area contributed by atoms with Gasteiger partial charge in [0.15, 0.2) is 5.11 Å². The maximum absolute atomic E-state index is 11.1. The van der Waals surface area contributed by atoms with E-state index in [4.69, 9.17) is 12.2 Å². The Bertz CT molecular complexity index is 241. The largest absolute Gasteiger partial charge is 0.289 e. The molecule has 0 aliphatic carbocycles. The molecule has 72 valence electrons. The molecule has 0 radical (unpaired) electrons. The molecule has 1 saturated heterocycles. The zero-order chi connectivity index (χ0) is 10.0. The van der Waals surface area contributed by atoms with E-state index in [0.717, 1.165) is 6.42 Å². The van der Waals surface area contributed by atoms with Gasteiger partial charge in [-0.15, -0.1) is 0 Å². The summed E-state index contributed by atoms with van der Waals surface area (Å²) in [6.45, 7) is 4.15. The van der Waals surface area contributed by atoms with E-state index < -0.39 is 0 Å². The van der Waals surface area contributed by atoms with Gasteiger partial charge in [0.25, 0.3) is 0 Å². The Labute approximate surface area is 82.5 Å². The van der Waals surface area contributed by atoms with Crippen LogP contribution in [0, 0.1) is 0 Å². The van der Waals surface area contributed by atoms with Crippen molar-refractivity contribution < 1.29 is 9.59 Å². The summed E-state index contributed by atoms with van der Waals surface area (Å²) in [5.41, 5.74) is 0. The number of rotatable bonds is 0. The van der Waals surface area contributed by atoms with Gasteiger partial charge in [-0.2, -0.15) is 0 Å². The van der Waals surface area contributed by atoms with Crippen LogP contribution in [0.25, 0.3) is 0 Å². The molecule has 1 fully saturated rings. The Morgan fingerprint density at radius 1 is 1.15 bits per heavy atom. The van der Waals surface area contributed by atoms with Crippen molar-refractivity contribution in [3.05, 3.63) is 0 Å². The molecule has 0 spiro atoms. The molecule has 0 unspecified atom stereocenters. The predicted octanol–water partition coefficient (Wildman–Crippen LogP) is 0.372. The van der Waals surface area contributed by atoms with Crippen LogP contribution >= 0.6 is 12.2 Å². The van der Waals surface area contributed by atoms with Crippen LogP contribution in [0.5, 0.6) is 0 Å². The monoisotopic (exact) mass is 200 g/mol. The average Bonchev–Trinajstić information content (AvgIpc) is 2.03. The van der Waals surface area contributed by atoms with Crippen LogP contribution in [0.15, 0.2) is 0 Å². The molecule has 1 rings (SSSR count). The Morgan fingerprint density at radius 2 is 1.54 bits per heavy atom. The van der Waals surface area contributed by atoms with Gasteiger partial charge in [-0.3, -0.25) is 19.4 Å². The van der Waals surface area contributed by atoms with E-state index in [2.05, 4.69) is 0 Å². The number of carbonyl (C=O) groups is 2. The van der Waals surface area contributed by atoms with Crippen molar-refractivity contribution in [2.45, 2.75) is 20.3 Å². The Morgan fingerprint density at radius 3 is 1.85 bits per heavy atom. The Hall–Kier alpha value is -0.970. The van der Waals surface area contributed by atoms with Gasteiger partial charge in [0, 0.05) is 26.9 Å². The van der Waals surface area contributed by atoms with Crippen LogP contribution in [0.3, 0.4) is 0 Å². The lowest BCUT2D eigenvalue weighted by atomic mass is 10.3. The molecule has 13 heavy (non-hydrogen) atoms. The van der Waals surface area contributed by atoms with Crippen molar-refractivity contribution in [2.75, 3.05) is 13.1 Å². The first-order chi connectivity index (χ1) is 6.04. The summed E-state index contributed by atoms with van der Waals surface area (Å²) >= 11 is 5.01. The highest BCUT2D eigenvalue weighted by Gasteiger charge is 2.26. The highest BCUT2D eigenvalue weighted by molar-refractivity contribution is 7.80. The fourth-order valence-corrected chi connectivity index (χ4v) is 1.75. The Balaban J connectivity index is 2.77. The van der Waals surface area contributed by atoms with Gasteiger partial charge < -0.3 is 0 Å². The summed E-state index contributed by atoms with van der Waals surface area (Å²) in [4.78, 5) is 25.1. The molecule has 1 aliphatic rings. The van der Waals surface area contributed by atoms with Gasteiger partial charge in [0.2, 0.25) is 11.8 Å². The summed E-state index contributed by atoms with van der Waals surface area (Å²) < 4.78 is 0. The van der Waals surface area contributed by atoms with Crippen molar-refractivity contribution in [1.82, 2.24) is 9.80 Å². The van der Waals surface area contributed by atoms with Crippen molar-refractivity contribution in [3.63, 3.8) is 0 Å². The van der Waals surface area contributed by atoms with Crippen molar-refractivity contribution in [3.8, 4) is 0 Å². The van der Waals surface area contributed by atoms with E-state index in [1.165, 1.54) is 23.6 Å². The molecule has 0 saturated carbocycles. The van der Waals surface area contributed by atoms with Crippen LogP contribution < -0.4 is 0 Å².